The summed E-state index contributed by atoms with van der Waals surface area (Å²) in [5.41, 5.74) is 3.80. The summed E-state index contributed by atoms with van der Waals surface area (Å²) in [6, 6.07) is 4.90. The first-order valence-corrected chi connectivity index (χ1v) is 7.57. The maximum Gasteiger partial charge on any atom is 0.251 e. The predicted octanol–water partition coefficient (Wildman–Crippen LogP) is 2.11. The van der Waals surface area contributed by atoms with Crippen molar-refractivity contribution in [1.29, 1.82) is 0 Å². The lowest BCUT2D eigenvalue weighted by Crippen LogP contribution is -2.25. The first kappa shape index (κ1) is 15.5. The van der Waals surface area contributed by atoms with E-state index in [9.17, 15) is 4.79 Å². The number of thiazole rings is 1. The second kappa shape index (κ2) is 7.79. The fraction of sp³-hybridized carbons (Fsp3) is 0.200. The number of rotatable bonds is 4. The topological polar surface area (TPSA) is 62.2 Å². The van der Waals surface area contributed by atoms with Crippen LogP contribution < -0.4 is 5.32 Å². The molecule has 6 heteroatoms. The Morgan fingerprint density at radius 3 is 3.00 bits per heavy atom. The summed E-state index contributed by atoms with van der Waals surface area (Å²) in [4.78, 5) is 16.1. The lowest BCUT2D eigenvalue weighted by molar-refractivity contribution is 0.0954. The van der Waals surface area contributed by atoms with Crippen molar-refractivity contribution < 1.29 is 9.90 Å². The van der Waals surface area contributed by atoms with Crippen molar-refractivity contribution in [3.05, 3.63) is 50.9 Å². The van der Waals surface area contributed by atoms with Crippen LogP contribution in [0.4, 0.5) is 0 Å². The van der Waals surface area contributed by atoms with Crippen molar-refractivity contribution in [1.82, 2.24) is 10.3 Å². The van der Waals surface area contributed by atoms with E-state index in [-0.39, 0.29) is 12.5 Å². The minimum Gasteiger partial charge on any atom is -0.384 e. The molecule has 1 aromatic carbocycles. The normalized spacial score (nSPS) is 9.81. The number of halogens is 1. The highest BCUT2D eigenvalue weighted by atomic mass is 35.5. The molecule has 2 aromatic rings. The van der Waals surface area contributed by atoms with Gasteiger partial charge in [0.15, 0.2) is 0 Å². The summed E-state index contributed by atoms with van der Waals surface area (Å²) in [6.07, 6.45) is 0.697. The Balaban J connectivity index is 1.94. The SMILES string of the molecule is O=C(NCCc1cscn1)c1ccc(C#CCO)c(Cl)c1. The molecule has 2 N–H and O–H groups in total. The zero-order chi connectivity index (χ0) is 15.1. The highest BCUT2D eigenvalue weighted by Crippen LogP contribution is 2.17. The van der Waals surface area contributed by atoms with Crippen LogP contribution in [0, 0.1) is 11.8 Å². The number of aliphatic hydroxyl groups is 1. The molecule has 0 aliphatic carbocycles. The van der Waals surface area contributed by atoms with E-state index in [0.29, 0.717) is 29.1 Å². The largest absolute Gasteiger partial charge is 0.384 e. The molecule has 1 heterocycles. The van der Waals surface area contributed by atoms with Crippen LogP contribution in [0.3, 0.4) is 0 Å². The summed E-state index contributed by atoms with van der Waals surface area (Å²) < 4.78 is 0. The molecule has 0 bridgehead atoms. The van der Waals surface area contributed by atoms with Gasteiger partial charge in [-0.05, 0) is 18.2 Å². The second-order valence-corrected chi connectivity index (χ2v) is 5.27. The number of aliphatic hydroxyl groups excluding tert-OH is 1. The van der Waals surface area contributed by atoms with Gasteiger partial charge < -0.3 is 10.4 Å². The fourth-order valence-corrected chi connectivity index (χ4v) is 2.48. The van der Waals surface area contributed by atoms with Gasteiger partial charge in [0, 0.05) is 29.5 Å². The molecule has 0 aliphatic heterocycles. The van der Waals surface area contributed by atoms with Crippen molar-refractivity contribution in [2.24, 2.45) is 0 Å². The first-order chi connectivity index (χ1) is 10.2. The molecule has 0 fully saturated rings. The molecule has 0 radical (unpaired) electrons. The number of benzene rings is 1. The van der Waals surface area contributed by atoms with Gasteiger partial charge in [0.05, 0.1) is 16.2 Å². The number of hydrogen-bond acceptors (Lipinski definition) is 4. The Morgan fingerprint density at radius 2 is 2.33 bits per heavy atom. The van der Waals surface area contributed by atoms with Crippen LogP contribution in [-0.4, -0.2) is 29.1 Å². The van der Waals surface area contributed by atoms with Crippen LogP contribution in [0.25, 0.3) is 0 Å². The lowest BCUT2D eigenvalue weighted by atomic mass is 10.1. The maximum atomic E-state index is 12.0. The van der Waals surface area contributed by atoms with Crippen LogP contribution >= 0.6 is 22.9 Å². The molecule has 0 unspecified atom stereocenters. The second-order valence-electron chi connectivity index (χ2n) is 4.14. The van der Waals surface area contributed by atoms with Gasteiger partial charge in [-0.1, -0.05) is 23.4 Å². The van der Waals surface area contributed by atoms with E-state index in [1.54, 1.807) is 23.7 Å². The van der Waals surface area contributed by atoms with Crippen LogP contribution in [0.5, 0.6) is 0 Å². The van der Waals surface area contributed by atoms with Gasteiger partial charge in [-0.15, -0.1) is 11.3 Å². The lowest BCUT2D eigenvalue weighted by Gasteiger charge is -2.05. The molecular formula is C15H13ClN2O2S. The number of carbonyl (C=O) groups excluding carboxylic acids is 1. The zero-order valence-electron chi connectivity index (χ0n) is 11.1. The van der Waals surface area contributed by atoms with E-state index in [4.69, 9.17) is 16.7 Å². The standard InChI is InChI=1S/C15H13ClN2O2S/c16-14-8-12(4-3-11(14)2-1-7-19)15(20)17-6-5-13-9-21-10-18-13/h3-4,8-10,19H,5-7H2,(H,17,20). The molecule has 0 atom stereocenters. The Kier molecular flexibility index (Phi) is 5.76. The number of amides is 1. The highest BCUT2D eigenvalue weighted by molar-refractivity contribution is 7.07. The molecule has 21 heavy (non-hydrogen) atoms. The third-order valence-electron chi connectivity index (χ3n) is 2.68. The van der Waals surface area contributed by atoms with Crippen LogP contribution in [0.15, 0.2) is 29.1 Å². The van der Waals surface area contributed by atoms with Crippen LogP contribution in [0.1, 0.15) is 21.6 Å². The van der Waals surface area contributed by atoms with E-state index in [0.717, 1.165) is 5.69 Å². The van der Waals surface area contributed by atoms with E-state index >= 15 is 0 Å². The number of nitrogens with zero attached hydrogens (tertiary/aromatic N) is 1. The number of carbonyl (C=O) groups is 1. The summed E-state index contributed by atoms with van der Waals surface area (Å²) in [7, 11) is 0. The predicted molar refractivity (Wildman–Crippen MR) is 83.6 cm³/mol. The molecular weight excluding hydrogens is 308 g/mol. The molecule has 0 spiro atoms. The average Bonchev–Trinajstić information content (AvgIpc) is 2.99. The van der Waals surface area contributed by atoms with Crippen molar-refractivity contribution in [2.75, 3.05) is 13.2 Å². The summed E-state index contributed by atoms with van der Waals surface area (Å²) >= 11 is 7.58. The maximum absolute atomic E-state index is 12.0. The van der Waals surface area contributed by atoms with E-state index in [1.807, 2.05) is 5.38 Å². The Labute approximate surface area is 131 Å². The van der Waals surface area contributed by atoms with E-state index in [2.05, 4.69) is 22.1 Å². The van der Waals surface area contributed by atoms with Gasteiger partial charge in [-0.25, -0.2) is 4.98 Å². The molecule has 1 aromatic heterocycles. The molecule has 108 valence electrons. The van der Waals surface area contributed by atoms with Crippen molar-refractivity contribution in [3.63, 3.8) is 0 Å². The van der Waals surface area contributed by atoms with Crippen molar-refractivity contribution in [3.8, 4) is 11.8 Å². The Bertz CT molecular complexity index is 675. The van der Waals surface area contributed by atoms with Gasteiger partial charge in [0.1, 0.15) is 6.61 Å². The fourth-order valence-electron chi connectivity index (χ4n) is 1.66. The molecule has 0 saturated carbocycles. The number of aromatic nitrogens is 1. The van der Waals surface area contributed by atoms with Gasteiger partial charge in [0.2, 0.25) is 0 Å². The first-order valence-electron chi connectivity index (χ1n) is 6.25. The molecule has 2 rings (SSSR count). The Morgan fingerprint density at radius 1 is 1.48 bits per heavy atom. The van der Waals surface area contributed by atoms with Gasteiger partial charge in [-0.2, -0.15) is 0 Å². The van der Waals surface area contributed by atoms with Gasteiger partial charge in [0.25, 0.3) is 5.91 Å². The van der Waals surface area contributed by atoms with Crippen molar-refractivity contribution >= 4 is 28.8 Å². The summed E-state index contributed by atoms with van der Waals surface area (Å²) in [5.74, 6) is 5.05. The molecule has 1 amide bonds. The van der Waals surface area contributed by atoms with Gasteiger partial charge in [-0.3, -0.25) is 4.79 Å². The zero-order valence-corrected chi connectivity index (χ0v) is 12.7. The summed E-state index contributed by atoms with van der Waals surface area (Å²) in [5, 5.41) is 13.8. The van der Waals surface area contributed by atoms with Gasteiger partial charge >= 0.3 is 0 Å². The molecule has 0 saturated heterocycles. The van der Waals surface area contributed by atoms with E-state index < -0.39 is 0 Å². The monoisotopic (exact) mass is 320 g/mol. The van der Waals surface area contributed by atoms with Crippen molar-refractivity contribution in [2.45, 2.75) is 6.42 Å². The highest BCUT2D eigenvalue weighted by Gasteiger charge is 2.07. The Hall–Kier alpha value is -1.87. The average molecular weight is 321 g/mol. The third-order valence-corrected chi connectivity index (χ3v) is 3.63. The number of nitrogens with one attached hydrogen (secondary N) is 1. The smallest absolute Gasteiger partial charge is 0.251 e. The van der Waals surface area contributed by atoms with Crippen LogP contribution in [0.2, 0.25) is 5.02 Å². The molecule has 0 aliphatic rings. The third kappa shape index (κ3) is 4.57. The molecule has 4 nitrogen and oxygen atoms in total. The minimum absolute atomic E-state index is 0.186. The summed E-state index contributed by atoms with van der Waals surface area (Å²) in [6.45, 7) is 0.293. The van der Waals surface area contributed by atoms with E-state index in [1.165, 1.54) is 11.3 Å². The number of hydrogen-bond donors (Lipinski definition) is 2. The van der Waals surface area contributed by atoms with Crippen LogP contribution in [-0.2, 0) is 6.42 Å². The minimum atomic E-state index is -0.227. The quantitative estimate of drug-likeness (QED) is 0.848.